The number of anilines is 1. The van der Waals surface area contributed by atoms with Crippen molar-refractivity contribution in [2.75, 3.05) is 11.9 Å². The van der Waals surface area contributed by atoms with Gasteiger partial charge in [0.25, 0.3) is 0 Å². The third-order valence-electron chi connectivity index (χ3n) is 3.77. The average molecular weight is 384 g/mol. The number of hydrogen-bond donors (Lipinski definition) is 2. The molecule has 0 saturated carbocycles. The number of ether oxygens (including phenoxy) is 2. The number of hydrogen-bond acceptors (Lipinski definition) is 4. The largest absolute Gasteiger partial charge is 0.489 e. The van der Waals surface area contributed by atoms with Gasteiger partial charge in [0.2, 0.25) is 5.91 Å². The van der Waals surface area contributed by atoms with E-state index in [1.165, 1.54) is 0 Å². The Balaban J connectivity index is 1.77. The summed E-state index contributed by atoms with van der Waals surface area (Å²) in [6.07, 6.45) is -0.535. The third-order valence-corrected chi connectivity index (χ3v) is 3.77. The zero-order chi connectivity index (χ0) is 20.6. The smallest absolute Gasteiger partial charge is 0.407 e. The maximum Gasteiger partial charge on any atom is 0.407 e. The first-order chi connectivity index (χ1) is 13.2. The molecule has 0 fully saturated rings. The fraction of sp³-hybridized carbons (Fsp3) is 0.364. The van der Waals surface area contributed by atoms with Crippen LogP contribution in [0, 0.1) is 5.92 Å². The highest BCUT2D eigenvalue weighted by atomic mass is 16.6. The average Bonchev–Trinajstić information content (AvgIpc) is 2.65. The Kier molecular flexibility index (Phi) is 7.44. The summed E-state index contributed by atoms with van der Waals surface area (Å²) in [6.45, 7) is 7.78. The van der Waals surface area contributed by atoms with Crippen molar-refractivity contribution in [3.05, 3.63) is 60.2 Å². The van der Waals surface area contributed by atoms with Crippen molar-refractivity contribution < 1.29 is 19.1 Å². The SMILES string of the molecule is CC(CNC(=O)OC(C)(C)C)C(=O)Nc1ccc(OCc2ccccc2)cc1. The van der Waals surface area contributed by atoms with E-state index in [9.17, 15) is 9.59 Å². The maximum atomic E-state index is 12.3. The van der Waals surface area contributed by atoms with E-state index < -0.39 is 17.6 Å². The lowest BCUT2D eigenvalue weighted by Gasteiger charge is -2.20. The number of benzene rings is 2. The van der Waals surface area contributed by atoms with Gasteiger partial charge in [0.1, 0.15) is 18.0 Å². The Morgan fingerprint density at radius 3 is 2.25 bits per heavy atom. The lowest BCUT2D eigenvalue weighted by molar-refractivity contribution is -0.119. The summed E-state index contributed by atoms with van der Waals surface area (Å²) in [5.41, 5.74) is 1.19. The van der Waals surface area contributed by atoms with E-state index in [0.717, 1.165) is 11.3 Å². The Hall–Kier alpha value is -3.02. The van der Waals surface area contributed by atoms with Crippen molar-refractivity contribution in [1.29, 1.82) is 0 Å². The molecule has 6 nitrogen and oxygen atoms in total. The molecule has 0 radical (unpaired) electrons. The first kappa shape index (κ1) is 21.3. The second-order valence-electron chi connectivity index (χ2n) is 7.57. The van der Waals surface area contributed by atoms with E-state index >= 15 is 0 Å². The van der Waals surface area contributed by atoms with Gasteiger partial charge in [0.15, 0.2) is 0 Å². The molecule has 28 heavy (non-hydrogen) atoms. The molecule has 0 aliphatic rings. The predicted octanol–water partition coefficient (Wildman–Crippen LogP) is 4.36. The fourth-order valence-corrected chi connectivity index (χ4v) is 2.28. The molecule has 1 atom stereocenters. The summed E-state index contributed by atoms with van der Waals surface area (Å²) in [6, 6.07) is 17.1. The van der Waals surface area contributed by atoms with Crippen LogP contribution in [-0.4, -0.2) is 24.1 Å². The molecule has 0 heterocycles. The molecule has 0 spiro atoms. The van der Waals surface area contributed by atoms with Crippen molar-refractivity contribution in [3.8, 4) is 5.75 Å². The topological polar surface area (TPSA) is 76.7 Å². The molecule has 6 heteroatoms. The van der Waals surface area contributed by atoms with Gasteiger partial charge in [-0.3, -0.25) is 4.79 Å². The van der Waals surface area contributed by atoms with Crippen molar-refractivity contribution in [3.63, 3.8) is 0 Å². The number of rotatable bonds is 7. The minimum Gasteiger partial charge on any atom is -0.489 e. The summed E-state index contributed by atoms with van der Waals surface area (Å²) in [5, 5.41) is 5.43. The second-order valence-corrected chi connectivity index (χ2v) is 7.57. The fourth-order valence-electron chi connectivity index (χ4n) is 2.28. The van der Waals surface area contributed by atoms with Gasteiger partial charge >= 0.3 is 6.09 Å². The van der Waals surface area contributed by atoms with Gasteiger partial charge in [-0.25, -0.2) is 4.79 Å². The normalized spacial score (nSPS) is 12.0. The molecule has 2 N–H and O–H groups in total. The van der Waals surface area contributed by atoms with E-state index in [-0.39, 0.29) is 12.5 Å². The van der Waals surface area contributed by atoms with Crippen LogP contribution in [0.3, 0.4) is 0 Å². The zero-order valence-corrected chi connectivity index (χ0v) is 16.8. The molecule has 2 amide bonds. The van der Waals surface area contributed by atoms with Crippen LogP contribution in [0.25, 0.3) is 0 Å². The highest BCUT2D eigenvalue weighted by molar-refractivity contribution is 5.92. The van der Waals surface area contributed by atoms with E-state index in [1.807, 2.05) is 42.5 Å². The Morgan fingerprint density at radius 1 is 1.00 bits per heavy atom. The summed E-state index contributed by atoms with van der Waals surface area (Å²) in [4.78, 5) is 23.9. The quantitative estimate of drug-likeness (QED) is 0.743. The van der Waals surface area contributed by atoms with Crippen LogP contribution in [0.4, 0.5) is 10.5 Å². The highest BCUT2D eigenvalue weighted by Crippen LogP contribution is 2.17. The molecular formula is C22H28N2O4. The molecule has 1 unspecified atom stereocenters. The molecular weight excluding hydrogens is 356 g/mol. The van der Waals surface area contributed by atoms with Gasteiger partial charge in [0.05, 0.1) is 5.92 Å². The Bertz CT molecular complexity index is 767. The monoisotopic (exact) mass is 384 g/mol. The van der Waals surface area contributed by atoms with Crippen LogP contribution in [0.5, 0.6) is 5.75 Å². The second kappa shape index (κ2) is 9.78. The first-order valence-corrected chi connectivity index (χ1v) is 9.27. The van der Waals surface area contributed by atoms with Gasteiger partial charge in [-0.1, -0.05) is 37.3 Å². The minimum atomic E-state index is -0.570. The van der Waals surface area contributed by atoms with Gasteiger partial charge in [-0.15, -0.1) is 0 Å². The predicted molar refractivity (Wildman–Crippen MR) is 109 cm³/mol. The van der Waals surface area contributed by atoms with Gasteiger partial charge in [-0.05, 0) is 50.6 Å². The molecule has 0 bridgehead atoms. The van der Waals surface area contributed by atoms with E-state index in [4.69, 9.17) is 9.47 Å². The zero-order valence-electron chi connectivity index (χ0n) is 16.8. The number of carbonyl (C=O) groups excluding carboxylic acids is 2. The summed E-state index contributed by atoms with van der Waals surface area (Å²) in [5.74, 6) is 0.136. The van der Waals surface area contributed by atoms with Crippen LogP contribution >= 0.6 is 0 Å². The first-order valence-electron chi connectivity index (χ1n) is 9.27. The minimum absolute atomic E-state index is 0.186. The standard InChI is InChI=1S/C22H28N2O4/c1-16(14-23-21(26)28-22(2,3)4)20(25)24-18-10-12-19(13-11-18)27-15-17-8-6-5-7-9-17/h5-13,16H,14-15H2,1-4H3,(H,23,26)(H,24,25). The molecule has 150 valence electrons. The van der Waals surface area contributed by atoms with E-state index in [0.29, 0.717) is 12.3 Å². The number of amides is 2. The van der Waals surface area contributed by atoms with Crippen molar-refractivity contribution in [1.82, 2.24) is 5.32 Å². The molecule has 2 rings (SSSR count). The van der Waals surface area contributed by atoms with E-state index in [1.54, 1.807) is 39.8 Å². The summed E-state index contributed by atoms with van der Waals surface area (Å²) >= 11 is 0. The molecule has 0 aliphatic carbocycles. The third kappa shape index (κ3) is 7.70. The summed E-state index contributed by atoms with van der Waals surface area (Å²) in [7, 11) is 0. The molecule has 0 aromatic heterocycles. The van der Waals surface area contributed by atoms with Crippen molar-refractivity contribution in [2.45, 2.75) is 39.9 Å². The van der Waals surface area contributed by atoms with Gasteiger partial charge in [-0.2, -0.15) is 0 Å². The van der Waals surface area contributed by atoms with Crippen LogP contribution in [0.1, 0.15) is 33.3 Å². The summed E-state index contributed by atoms with van der Waals surface area (Å²) < 4.78 is 10.9. The van der Waals surface area contributed by atoms with Gasteiger partial charge < -0.3 is 20.1 Å². The number of nitrogens with one attached hydrogen (secondary N) is 2. The molecule has 0 aliphatic heterocycles. The van der Waals surface area contributed by atoms with Crippen LogP contribution < -0.4 is 15.4 Å². The molecule has 2 aromatic carbocycles. The van der Waals surface area contributed by atoms with Crippen LogP contribution in [0.2, 0.25) is 0 Å². The van der Waals surface area contributed by atoms with Gasteiger partial charge in [0, 0.05) is 12.2 Å². The number of alkyl carbamates (subject to hydrolysis) is 1. The van der Waals surface area contributed by atoms with E-state index in [2.05, 4.69) is 10.6 Å². The van der Waals surface area contributed by atoms with Crippen molar-refractivity contribution >= 4 is 17.7 Å². The highest BCUT2D eigenvalue weighted by Gasteiger charge is 2.18. The Morgan fingerprint density at radius 2 is 1.64 bits per heavy atom. The maximum absolute atomic E-state index is 12.3. The Labute approximate surface area is 166 Å². The van der Waals surface area contributed by atoms with Crippen molar-refractivity contribution in [2.24, 2.45) is 5.92 Å². The lowest BCUT2D eigenvalue weighted by Crippen LogP contribution is -2.37. The lowest BCUT2D eigenvalue weighted by atomic mass is 10.1. The molecule has 2 aromatic rings. The molecule has 0 saturated heterocycles. The van der Waals surface area contributed by atoms with Crippen LogP contribution in [0.15, 0.2) is 54.6 Å². The number of carbonyl (C=O) groups is 2. The van der Waals surface area contributed by atoms with Crippen LogP contribution in [-0.2, 0) is 16.1 Å².